The SMILES string of the molecule is COc1ccc(-c2nnc(S[C@@H](C)C(=O)N(C(C)C)C(C)C)o2)c(OC)c1. The van der Waals surface area contributed by atoms with Gasteiger partial charge in [-0.05, 0) is 46.8 Å². The summed E-state index contributed by atoms with van der Waals surface area (Å²) in [5.74, 6) is 1.63. The van der Waals surface area contributed by atoms with E-state index in [1.165, 1.54) is 11.8 Å². The summed E-state index contributed by atoms with van der Waals surface area (Å²) in [7, 11) is 3.16. The molecule has 2 rings (SSSR count). The smallest absolute Gasteiger partial charge is 0.277 e. The molecule has 1 aromatic carbocycles. The van der Waals surface area contributed by atoms with Gasteiger partial charge in [-0.2, -0.15) is 0 Å². The van der Waals surface area contributed by atoms with Crippen LogP contribution in [-0.2, 0) is 4.79 Å². The van der Waals surface area contributed by atoms with Crippen molar-refractivity contribution in [3.05, 3.63) is 18.2 Å². The van der Waals surface area contributed by atoms with Crippen LogP contribution in [-0.4, -0.2) is 52.6 Å². The van der Waals surface area contributed by atoms with Gasteiger partial charge in [0.15, 0.2) is 0 Å². The number of benzene rings is 1. The van der Waals surface area contributed by atoms with Crippen molar-refractivity contribution in [2.45, 2.75) is 57.2 Å². The Labute approximate surface area is 164 Å². The molecule has 1 atom stereocenters. The van der Waals surface area contributed by atoms with Crippen molar-refractivity contribution >= 4 is 17.7 Å². The molecule has 0 N–H and O–H groups in total. The van der Waals surface area contributed by atoms with Crippen LogP contribution in [0, 0.1) is 0 Å². The normalized spacial score (nSPS) is 12.3. The van der Waals surface area contributed by atoms with E-state index in [2.05, 4.69) is 10.2 Å². The highest BCUT2D eigenvalue weighted by Gasteiger charge is 2.27. The molecule has 0 fully saturated rings. The Kier molecular flexibility index (Phi) is 7.12. The molecule has 8 heteroatoms. The van der Waals surface area contributed by atoms with E-state index in [9.17, 15) is 4.79 Å². The fourth-order valence-corrected chi connectivity index (χ4v) is 3.60. The van der Waals surface area contributed by atoms with Gasteiger partial charge in [0.05, 0.1) is 25.0 Å². The number of hydrogen-bond acceptors (Lipinski definition) is 7. The molecule has 0 radical (unpaired) electrons. The van der Waals surface area contributed by atoms with E-state index in [4.69, 9.17) is 13.9 Å². The lowest BCUT2D eigenvalue weighted by Gasteiger charge is -2.32. The van der Waals surface area contributed by atoms with Crippen molar-refractivity contribution in [3.63, 3.8) is 0 Å². The number of hydrogen-bond donors (Lipinski definition) is 0. The van der Waals surface area contributed by atoms with Gasteiger partial charge in [-0.25, -0.2) is 0 Å². The Hall–Kier alpha value is -2.22. The molecule has 1 amide bonds. The van der Waals surface area contributed by atoms with Crippen molar-refractivity contribution in [1.82, 2.24) is 15.1 Å². The third-order valence-electron chi connectivity index (χ3n) is 4.04. The zero-order chi connectivity index (χ0) is 20.1. The van der Waals surface area contributed by atoms with Crippen LogP contribution in [0.5, 0.6) is 11.5 Å². The molecule has 0 unspecified atom stereocenters. The van der Waals surface area contributed by atoms with Crippen LogP contribution in [0.1, 0.15) is 34.6 Å². The van der Waals surface area contributed by atoms with Crippen LogP contribution in [0.15, 0.2) is 27.8 Å². The van der Waals surface area contributed by atoms with Crippen molar-refractivity contribution in [2.24, 2.45) is 0 Å². The molecule has 0 aliphatic heterocycles. The first-order valence-electron chi connectivity index (χ1n) is 8.83. The lowest BCUT2D eigenvalue weighted by molar-refractivity contribution is -0.133. The van der Waals surface area contributed by atoms with Gasteiger partial charge in [-0.3, -0.25) is 4.79 Å². The van der Waals surface area contributed by atoms with Gasteiger partial charge in [0.2, 0.25) is 5.91 Å². The monoisotopic (exact) mass is 393 g/mol. The fraction of sp³-hybridized carbons (Fsp3) is 0.526. The maximum absolute atomic E-state index is 12.8. The molecule has 1 aromatic heterocycles. The van der Waals surface area contributed by atoms with Crippen LogP contribution in [0.3, 0.4) is 0 Å². The summed E-state index contributed by atoms with van der Waals surface area (Å²) in [5.41, 5.74) is 0.669. The van der Waals surface area contributed by atoms with Crippen molar-refractivity contribution in [3.8, 4) is 23.0 Å². The summed E-state index contributed by atoms with van der Waals surface area (Å²) >= 11 is 1.25. The predicted octanol–water partition coefficient (Wildman–Crippen LogP) is 3.88. The summed E-state index contributed by atoms with van der Waals surface area (Å²) in [4.78, 5) is 14.6. The number of carbonyl (C=O) groups is 1. The first kappa shape index (κ1) is 21.1. The van der Waals surface area contributed by atoms with Crippen molar-refractivity contribution < 1.29 is 18.7 Å². The zero-order valence-electron chi connectivity index (χ0n) is 16.8. The molecular formula is C19H27N3O4S. The largest absolute Gasteiger partial charge is 0.497 e. The third-order valence-corrected chi connectivity index (χ3v) is 4.96. The van der Waals surface area contributed by atoms with Gasteiger partial charge < -0.3 is 18.8 Å². The lowest BCUT2D eigenvalue weighted by atomic mass is 10.2. The van der Waals surface area contributed by atoms with E-state index in [-0.39, 0.29) is 23.2 Å². The Morgan fingerprint density at radius 2 is 1.74 bits per heavy atom. The van der Waals surface area contributed by atoms with Crippen molar-refractivity contribution in [2.75, 3.05) is 14.2 Å². The van der Waals surface area contributed by atoms with E-state index < -0.39 is 0 Å². The van der Waals surface area contributed by atoms with Gasteiger partial charge in [-0.15, -0.1) is 10.2 Å². The van der Waals surface area contributed by atoms with E-state index in [1.807, 2.05) is 39.5 Å². The van der Waals surface area contributed by atoms with Gasteiger partial charge >= 0.3 is 0 Å². The highest BCUT2D eigenvalue weighted by Crippen LogP contribution is 2.34. The third kappa shape index (κ3) is 4.94. The molecule has 1 heterocycles. The molecule has 148 valence electrons. The number of carbonyl (C=O) groups excluding carboxylic acids is 1. The Balaban J connectivity index is 2.17. The van der Waals surface area contributed by atoms with Crippen molar-refractivity contribution in [1.29, 1.82) is 0 Å². The summed E-state index contributed by atoms with van der Waals surface area (Å²) < 4.78 is 16.3. The number of aromatic nitrogens is 2. The zero-order valence-corrected chi connectivity index (χ0v) is 17.7. The quantitative estimate of drug-likeness (QED) is 0.630. The van der Waals surface area contributed by atoms with Gasteiger partial charge in [0.1, 0.15) is 11.5 Å². The summed E-state index contributed by atoms with van der Waals surface area (Å²) in [5, 5.41) is 8.18. The molecule has 0 aliphatic carbocycles. The standard InChI is InChI=1S/C19H27N3O4S/c1-11(2)22(12(3)4)18(23)13(5)27-19-21-20-17(26-19)15-9-8-14(24-6)10-16(15)25-7/h8-13H,1-7H3/t13-/m0/s1. The Morgan fingerprint density at radius 3 is 2.30 bits per heavy atom. The average molecular weight is 394 g/mol. The maximum atomic E-state index is 12.8. The molecule has 0 bridgehead atoms. The number of nitrogens with zero attached hydrogens (tertiary/aromatic N) is 3. The molecule has 27 heavy (non-hydrogen) atoms. The van der Waals surface area contributed by atoms with Gasteiger partial charge in [0.25, 0.3) is 11.1 Å². The lowest BCUT2D eigenvalue weighted by Crippen LogP contribution is -2.45. The minimum absolute atomic E-state index is 0.0479. The molecule has 0 aliphatic rings. The molecular weight excluding hydrogens is 366 g/mol. The molecule has 0 saturated carbocycles. The second-order valence-corrected chi connectivity index (χ2v) is 7.92. The van der Waals surface area contributed by atoms with Crippen LogP contribution in [0.2, 0.25) is 0 Å². The second kappa shape index (κ2) is 9.12. The van der Waals surface area contributed by atoms with Crippen LogP contribution < -0.4 is 9.47 Å². The van der Waals surface area contributed by atoms with Crippen LogP contribution >= 0.6 is 11.8 Å². The minimum atomic E-state index is -0.333. The number of ether oxygens (including phenoxy) is 2. The molecule has 2 aromatic rings. The highest BCUT2D eigenvalue weighted by atomic mass is 32.2. The average Bonchev–Trinajstić information content (AvgIpc) is 3.08. The van der Waals surface area contributed by atoms with Gasteiger partial charge in [0, 0.05) is 18.2 Å². The van der Waals surface area contributed by atoms with Crippen LogP contribution in [0.25, 0.3) is 11.5 Å². The number of methoxy groups -OCH3 is 2. The first-order chi connectivity index (χ1) is 12.8. The van der Waals surface area contributed by atoms with E-state index >= 15 is 0 Å². The second-order valence-electron chi connectivity index (χ2n) is 6.63. The first-order valence-corrected chi connectivity index (χ1v) is 9.71. The van der Waals surface area contributed by atoms with E-state index in [1.54, 1.807) is 32.4 Å². The number of rotatable bonds is 8. The summed E-state index contributed by atoms with van der Waals surface area (Å²) in [6.45, 7) is 9.89. The predicted molar refractivity (Wildman–Crippen MR) is 105 cm³/mol. The highest BCUT2D eigenvalue weighted by molar-refractivity contribution is 8.00. The number of thioether (sulfide) groups is 1. The summed E-state index contributed by atoms with van der Waals surface area (Å²) in [6.07, 6.45) is 0. The molecule has 7 nitrogen and oxygen atoms in total. The maximum Gasteiger partial charge on any atom is 0.277 e. The summed E-state index contributed by atoms with van der Waals surface area (Å²) in [6, 6.07) is 5.60. The molecule has 0 spiro atoms. The fourth-order valence-electron chi connectivity index (χ4n) is 2.86. The van der Waals surface area contributed by atoms with E-state index in [0.29, 0.717) is 28.2 Å². The topological polar surface area (TPSA) is 77.7 Å². The van der Waals surface area contributed by atoms with Crippen LogP contribution in [0.4, 0.5) is 0 Å². The minimum Gasteiger partial charge on any atom is -0.497 e. The van der Waals surface area contributed by atoms with E-state index in [0.717, 1.165) is 0 Å². The Bertz CT molecular complexity index is 768. The van der Waals surface area contributed by atoms with Gasteiger partial charge in [-0.1, -0.05) is 11.8 Å². The number of amides is 1. The molecule has 0 saturated heterocycles. The Morgan fingerprint density at radius 1 is 1.07 bits per heavy atom.